The van der Waals surface area contributed by atoms with Crippen molar-refractivity contribution in [3.8, 4) is 0 Å². The maximum Gasteiger partial charge on any atom is 0.191 e. The zero-order chi connectivity index (χ0) is 21.2. The summed E-state index contributed by atoms with van der Waals surface area (Å²) < 4.78 is 5.49. The molecule has 2 aliphatic rings. The van der Waals surface area contributed by atoms with E-state index in [1.165, 1.54) is 25.7 Å². The molecule has 0 spiro atoms. The van der Waals surface area contributed by atoms with E-state index in [0.717, 1.165) is 69.8 Å². The minimum Gasteiger partial charge on any atom is -0.379 e. The number of hydrogen-bond donors (Lipinski definition) is 2. The summed E-state index contributed by atoms with van der Waals surface area (Å²) in [5.41, 5.74) is 1.19. The van der Waals surface area contributed by atoms with E-state index in [4.69, 9.17) is 14.7 Å². The van der Waals surface area contributed by atoms with Gasteiger partial charge in [-0.3, -0.25) is 4.90 Å². The first-order valence-corrected chi connectivity index (χ1v) is 11.6. The van der Waals surface area contributed by atoms with Crippen LogP contribution < -0.4 is 15.5 Å². The first-order valence-electron chi connectivity index (χ1n) is 11.6. The molecule has 0 amide bonds. The molecule has 0 bridgehead atoms. The molecule has 30 heavy (non-hydrogen) atoms. The average Bonchev–Trinajstić information content (AvgIpc) is 3.06. The highest BCUT2D eigenvalue weighted by Gasteiger charge is 2.28. The Kier molecular flexibility index (Phi) is 8.75. The Morgan fingerprint density at radius 2 is 1.80 bits per heavy atom. The maximum atomic E-state index is 5.49. The Morgan fingerprint density at radius 3 is 2.43 bits per heavy atom. The standard InChI is InChI=1S/C23H40N6O/c1-4-24-22(27-19-23(2,3)29-13-15-30-16-14-29)26-18-20-9-10-21(25-17-20)28-11-7-5-6-8-12-28/h9-10,17H,4-8,11-16,18-19H2,1-3H3,(H2,24,26,27). The van der Waals surface area contributed by atoms with Crippen LogP contribution in [-0.2, 0) is 11.3 Å². The van der Waals surface area contributed by atoms with Gasteiger partial charge in [0.05, 0.1) is 19.8 Å². The number of rotatable bonds is 7. The van der Waals surface area contributed by atoms with E-state index in [2.05, 4.69) is 53.3 Å². The van der Waals surface area contributed by atoms with Gasteiger partial charge in [0.15, 0.2) is 5.96 Å². The molecule has 2 N–H and O–H groups in total. The Bertz CT molecular complexity index is 646. The van der Waals surface area contributed by atoms with E-state index in [0.29, 0.717) is 6.54 Å². The third-order valence-electron chi connectivity index (χ3n) is 6.06. The second-order valence-corrected chi connectivity index (χ2v) is 8.89. The number of guanidine groups is 1. The Morgan fingerprint density at radius 1 is 1.07 bits per heavy atom. The van der Waals surface area contributed by atoms with Crippen LogP contribution in [0.15, 0.2) is 23.3 Å². The molecular weight excluding hydrogens is 376 g/mol. The van der Waals surface area contributed by atoms with Gasteiger partial charge in [-0.1, -0.05) is 18.9 Å². The first kappa shape index (κ1) is 22.8. The highest BCUT2D eigenvalue weighted by atomic mass is 16.5. The number of aliphatic imine (C=N–C) groups is 1. The number of morpholine rings is 1. The lowest BCUT2D eigenvalue weighted by Crippen LogP contribution is -2.56. The molecule has 0 radical (unpaired) electrons. The van der Waals surface area contributed by atoms with Crippen molar-refractivity contribution in [2.75, 3.05) is 57.4 Å². The monoisotopic (exact) mass is 416 g/mol. The quantitative estimate of drug-likeness (QED) is 0.526. The molecule has 3 rings (SSSR count). The van der Waals surface area contributed by atoms with Crippen LogP contribution in [0.25, 0.3) is 0 Å². The van der Waals surface area contributed by atoms with Gasteiger partial charge in [0, 0.05) is 51.0 Å². The molecule has 0 saturated carbocycles. The van der Waals surface area contributed by atoms with Crippen molar-refractivity contribution in [1.29, 1.82) is 0 Å². The summed E-state index contributed by atoms with van der Waals surface area (Å²) in [7, 11) is 0. The molecule has 0 aromatic carbocycles. The Hall–Kier alpha value is -1.86. The molecule has 1 aromatic rings. The molecule has 1 aromatic heterocycles. The predicted octanol–water partition coefficient (Wildman–Crippen LogP) is 2.63. The maximum absolute atomic E-state index is 5.49. The topological polar surface area (TPSA) is 65.0 Å². The van der Waals surface area contributed by atoms with Crippen molar-refractivity contribution in [1.82, 2.24) is 20.5 Å². The number of hydrogen-bond acceptors (Lipinski definition) is 5. The van der Waals surface area contributed by atoms with Crippen molar-refractivity contribution < 1.29 is 4.74 Å². The van der Waals surface area contributed by atoms with Gasteiger partial charge in [0.1, 0.15) is 5.82 Å². The molecule has 0 atom stereocenters. The molecule has 0 aliphatic carbocycles. The fourth-order valence-electron chi connectivity index (χ4n) is 4.09. The van der Waals surface area contributed by atoms with Gasteiger partial charge in [0.25, 0.3) is 0 Å². The van der Waals surface area contributed by atoms with Crippen LogP contribution in [0.3, 0.4) is 0 Å². The molecule has 7 nitrogen and oxygen atoms in total. The third-order valence-corrected chi connectivity index (χ3v) is 6.06. The van der Waals surface area contributed by atoms with Gasteiger partial charge in [-0.25, -0.2) is 9.98 Å². The smallest absolute Gasteiger partial charge is 0.191 e. The number of nitrogens with one attached hydrogen (secondary N) is 2. The minimum atomic E-state index is 0.0519. The highest BCUT2D eigenvalue weighted by Crippen LogP contribution is 2.18. The summed E-state index contributed by atoms with van der Waals surface area (Å²) in [5, 5.41) is 6.89. The van der Waals surface area contributed by atoms with E-state index in [1.54, 1.807) is 0 Å². The zero-order valence-corrected chi connectivity index (χ0v) is 19.1. The van der Waals surface area contributed by atoms with E-state index < -0.39 is 0 Å². The van der Waals surface area contributed by atoms with Crippen LogP contribution in [0.4, 0.5) is 5.82 Å². The van der Waals surface area contributed by atoms with E-state index in [1.807, 2.05) is 6.20 Å². The van der Waals surface area contributed by atoms with Gasteiger partial charge in [-0.05, 0) is 45.2 Å². The Balaban J connectivity index is 1.54. The number of aromatic nitrogens is 1. The lowest BCUT2D eigenvalue weighted by Gasteiger charge is -2.41. The van der Waals surface area contributed by atoms with Crippen molar-refractivity contribution in [3.05, 3.63) is 23.9 Å². The van der Waals surface area contributed by atoms with Crippen molar-refractivity contribution >= 4 is 11.8 Å². The van der Waals surface area contributed by atoms with Gasteiger partial charge >= 0.3 is 0 Å². The zero-order valence-electron chi connectivity index (χ0n) is 19.1. The van der Waals surface area contributed by atoms with E-state index in [-0.39, 0.29) is 5.54 Å². The third kappa shape index (κ3) is 6.84. The summed E-state index contributed by atoms with van der Waals surface area (Å²) >= 11 is 0. The molecule has 2 fully saturated rings. The summed E-state index contributed by atoms with van der Waals surface area (Å²) in [6.45, 7) is 14.8. The van der Waals surface area contributed by atoms with Crippen molar-refractivity contribution in [3.63, 3.8) is 0 Å². The lowest BCUT2D eigenvalue weighted by molar-refractivity contribution is -0.00834. The van der Waals surface area contributed by atoms with E-state index in [9.17, 15) is 0 Å². The minimum absolute atomic E-state index is 0.0519. The number of ether oxygens (including phenoxy) is 1. The van der Waals surface area contributed by atoms with Crippen LogP contribution in [0.2, 0.25) is 0 Å². The average molecular weight is 417 g/mol. The largest absolute Gasteiger partial charge is 0.379 e. The van der Waals surface area contributed by atoms with Gasteiger partial charge < -0.3 is 20.3 Å². The fourth-order valence-corrected chi connectivity index (χ4v) is 4.09. The van der Waals surface area contributed by atoms with Crippen LogP contribution in [0.5, 0.6) is 0 Å². The SMILES string of the molecule is CCNC(=NCc1ccc(N2CCCCCC2)nc1)NCC(C)(C)N1CCOCC1. The van der Waals surface area contributed by atoms with Crippen LogP contribution >= 0.6 is 0 Å². The van der Waals surface area contributed by atoms with Gasteiger partial charge in [0.2, 0.25) is 0 Å². The van der Waals surface area contributed by atoms with Gasteiger partial charge in [-0.2, -0.15) is 0 Å². The number of anilines is 1. The fraction of sp³-hybridized carbons (Fsp3) is 0.739. The summed E-state index contributed by atoms with van der Waals surface area (Å²) in [5.74, 6) is 1.96. The summed E-state index contributed by atoms with van der Waals surface area (Å²) in [6, 6.07) is 4.32. The van der Waals surface area contributed by atoms with Crippen molar-refractivity contribution in [2.24, 2.45) is 4.99 Å². The molecule has 3 heterocycles. The molecule has 168 valence electrons. The van der Waals surface area contributed by atoms with Crippen LogP contribution in [0, 0.1) is 0 Å². The normalized spacial score (nSPS) is 19.4. The van der Waals surface area contributed by atoms with Gasteiger partial charge in [-0.15, -0.1) is 0 Å². The summed E-state index contributed by atoms with van der Waals surface area (Å²) in [4.78, 5) is 14.4. The number of pyridine rings is 1. The first-order chi connectivity index (χ1) is 14.6. The highest BCUT2D eigenvalue weighted by molar-refractivity contribution is 5.79. The predicted molar refractivity (Wildman–Crippen MR) is 124 cm³/mol. The molecule has 2 saturated heterocycles. The molecular formula is C23H40N6O. The molecule has 7 heteroatoms. The molecule has 0 unspecified atom stereocenters. The second-order valence-electron chi connectivity index (χ2n) is 8.89. The van der Waals surface area contributed by atoms with Crippen molar-refractivity contribution in [2.45, 2.75) is 58.5 Å². The molecule has 2 aliphatic heterocycles. The second kappa shape index (κ2) is 11.5. The Labute approximate surface area is 182 Å². The number of nitrogens with zero attached hydrogens (tertiary/aromatic N) is 4. The summed E-state index contributed by atoms with van der Waals surface area (Å²) in [6.07, 6.45) is 7.20. The van der Waals surface area contributed by atoms with Crippen LogP contribution in [0.1, 0.15) is 52.0 Å². The van der Waals surface area contributed by atoms with Crippen LogP contribution in [-0.4, -0.2) is 73.9 Å². The lowest BCUT2D eigenvalue weighted by atomic mass is 10.0. The van der Waals surface area contributed by atoms with E-state index >= 15 is 0 Å².